The normalized spacial score (nSPS) is 19.9. The zero-order chi connectivity index (χ0) is 14.0. The number of hydrogen-bond donors (Lipinski definition) is 2. The van der Waals surface area contributed by atoms with Crippen molar-refractivity contribution in [3.63, 3.8) is 0 Å². The monoisotopic (exact) mass is 263 g/mol. The van der Waals surface area contributed by atoms with Crippen molar-refractivity contribution in [3.8, 4) is 5.75 Å². The maximum atomic E-state index is 11.9. The van der Waals surface area contributed by atoms with Gasteiger partial charge in [0.15, 0.2) is 0 Å². The third kappa shape index (κ3) is 2.90. The second-order valence-electron chi connectivity index (χ2n) is 4.68. The summed E-state index contributed by atoms with van der Waals surface area (Å²) in [4.78, 5) is 28.6. The van der Waals surface area contributed by atoms with Crippen LogP contribution in [0.3, 0.4) is 0 Å². The third-order valence-corrected chi connectivity index (χ3v) is 3.25. The summed E-state index contributed by atoms with van der Waals surface area (Å²) in [5, 5.41) is 12.7. The van der Waals surface area contributed by atoms with E-state index in [4.69, 9.17) is 0 Å². The predicted molar refractivity (Wildman–Crippen MR) is 68.3 cm³/mol. The average molecular weight is 263 g/mol. The minimum absolute atomic E-state index is 0.103. The van der Waals surface area contributed by atoms with Gasteiger partial charge in [0.05, 0.1) is 11.7 Å². The molecule has 1 fully saturated rings. The lowest BCUT2D eigenvalue weighted by Gasteiger charge is -2.28. The first-order valence-electron chi connectivity index (χ1n) is 6.18. The molecule has 1 aromatic rings. The average Bonchev–Trinajstić information content (AvgIpc) is 2.39. The number of piperidine rings is 1. The Morgan fingerprint density at radius 1 is 1.47 bits per heavy atom. The fourth-order valence-corrected chi connectivity index (χ4v) is 2.06. The summed E-state index contributed by atoms with van der Waals surface area (Å²) in [5.74, 6) is -0.284. The Hall–Kier alpha value is -1.95. The molecule has 2 heterocycles. The van der Waals surface area contributed by atoms with Gasteiger partial charge in [0.1, 0.15) is 5.75 Å². The minimum Gasteiger partial charge on any atom is -0.506 e. The molecule has 6 heteroatoms. The van der Waals surface area contributed by atoms with Crippen molar-refractivity contribution in [2.75, 3.05) is 7.05 Å². The van der Waals surface area contributed by atoms with E-state index in [0.717, 1.165) is 10.6 Å². The van der Waals surface area contributed by atoms with Gasteiger partial charge in [-0.25, -0.2) is 0 Å². The van der Waals surface area contributed by atoms with E-state index in [2.05, 4.69) is 10.3 Å². The highest BCUT2D eigenvalue weighted by Crippen LogP contribution is 2.16. The van der Waals surface area contributed by atoms with Crippen LogP contribution in [0.1, 0.15) is 24.2 Å². The first-order valence-corrected chi connectivity index (χ1v) is 6.18. The van der Waals surface area contributed by atoms with Gasteiger partial charge in [-0.15, -0.1) is 0 Å². The van der Waals surface area contributed by atoms with Gasteiger partial charge in [-0.2, -0.15) is 0 Å². The van der Waals surface area contributed by atoms with Crippen LogP contribution in [0.4, 0.5) is 0 Å². The van der Waals surface area contributed by atoms with Crippen LogP contribution in [0.2, 0.25) is 0 Å². The molecule has 1 aliphatic heterocycles. The van der Waals surface area contributed by atoms with Crippen molar-refractivity contribution >= 4 is 11.8 Å². The SMILES string of the molecule is Cc1ccc(O)c(CNC2CCC(=O)N(C)C2=O)n1. The maximum Gasteiger partial charge on any atom is 0.246 e. The molecule has 6 nitrogen and oxygen atoms in total. The number of aromatic nitrogens is 1. The Labute approximate surface area is 111 Å². The highest BCUT2D eigenvalue weighted by molar-refractivity contribution is 6.00. The van der Waals surface area contributed by atoms with Crippen LogP contribution < -0.4 is 5.32 Å². The summed E-state index contributed by atoms with van der Waals surface area (Å²) in [5.41, 5.74) is 1.31. The first-order chi connectivity index (χ1) is 8.99. The first kappa shape index (κ1) is 13.5. The number of pyridine rings is 1. The number of rotatable bonds is 3. The molecule has 0 spiro atoms. The van der Waals surface area contributed by atoms with Gasteiger partial charge in [0, 0.05) is 25.7 Å². The summed E-state index contributed by atoms with van der Waals surface area (Å²) < 4.78 is 0. The molecule has 0 saturated carbocycles. The van der Waals surface area contributed by atoms with E-state index in [9.17, 15) is 14.7 Å². The highest BCUT2D eigenvalue weighted by Gasteiger charge is 2.31. The number of carbonyl (C=O) groups is 2. The molecule has 1 saturated heterocycles. The molecule has 0 aromatic carbocycles. The van der Waals surface area contributed by atoms with E-state index >= 15 is 0 Å². The zero-order valence-electron chi connectivity index (χ0n) is 11.0. The zero-order valence-corrected chi connectivity index (χ0v) is 11.0. The molecule has 19 heavy (non-hydrogen) atoms. The number of nitrogens with one attached hydrogen (secondary N) is 1. The standard InChI is InChI=1S/C13H17N3O3/c1-8-3-5-11(17)10(15-8)7-14-9-4-6-12(18)16(2)13(9)19/h3,5,9,14,17H,4,6-7H2,1-2H3. The number of likely N-dealkylation sites (tertiary alicyclic amines) is 1. The minimum atomic E-state index is -0.399. The summed E-state index contributed by atoms with van der Waals surface area (Å²) in [7, 11) is 1.49. The maximum absolute atomic E-state index is 11.9. The Bertz CT molecular complexity index is 516. The lowest BCUT2D eigenvalue weighted by molar-refractivity contribution is -0.148. The molecular weight excluding hydrogens is 246 g/mol. The molecular formula is C13H17N3O3. The highest BCUT2D eigenvalue weighted by atomic mass is 16.3. The summed E-state index contributed by atoms with van der Waals surface area (Å²) in [6.07, 6.45) is 0.835. The molecule has 1 aromatic heterocycles. The van der Waals surface area contributed by atoms with E-state index in [1.165, 1.54) is 7.05 Å². The fourth-order valence-electron chi connectivity index (χ4n) is 2.06. The number of likely N-dealkylation sites (N-methyl/N-ethyl adjacent to an activating group) is 1. The molecule has 0 aliphatic carbocycles. The lowest BCUT2D eigenvalue weighted by Crippen LogP contribution is -2.51. The van der Waals surface area contributed by atoms with Crippen molar-refractivity contribution in [1.29, 1.82) is 0 Å². The molecule has 2 amide bonds. The van der Waals surface area contributed by atoms with E-state index in [1.54, 1.807) is 12.1 Å². The Morgan fingerprint density at radius 2 is 2.21 bits per heavy atom. The van der Waals surface area contributed by atoms with E-state index in [0.29, 0.717) is 25.1 Å². The second-order valence-corrected chi connectivity index (χ2v) is 4.68. The van der Waals surface area contributed by atoms with Crippen LogP contribution in [0.5, 0.6) is 5.75 Å². The predicted octanol–water partition coefficient (Wildman–Crippen LogP) is 0.333. The van der Waals surface area contributed by atoms with Gasteiger partial charge in [-0.3, -0.25) is 24.8 Å². The third-order valence-electron chi connectivity index (χ3n) is 3.25. The van der Waals surface area contributed by atoms with Crippen LogP contribution in [-0.2, 0) is 16.1 Å². The molecule has 2 N–H and O–H groups in total. The van der Waals surface area contributed by atoms with Crippen LogP contribution in [0, 0.1) is 6.92 Å². The summed E-state index contributed by atoms with van der Waals surface area (Å²) in [6.45, 7) is 2.13. The Morgan fingerprint density at radius 3 is 2.95 bits per heavy atom. The van der Waals surface area contributed by atoms with E-state index < -0.39 is 6.04 Å². The van der Waals surface area contributed by atoms with Crippen molar-refractivity contribution in [3.05, 3.63) is 23.5 Å². The lowest BCUT2D eigenvalue weighted by atomic mass is 10.0. The number of amides is 2. The van der Waals surface area contributed by atoms with Gasteiger partial charge in [0.25, 0.3) is 0 Å². The Kier molecular flexibility index (Phi) is 3.80. The second kappa shape index (κ2) is 5.36. The largest absolute Gasteiger partial charge is 0.506 e. The Balaban J connectivity index is 2.01. The van der Waals surface area contributed by atoms with Crippen molar-refractivity contribution in [2.45, 2.75) is 32.4 Å². The fraction of sp³-hybridized carbons (Fsp3) is 0.462. The van der Waals surface area contributed by atoms with Crippen LogP contribution >= 0.6 is 0 Å². The van der Waals surface area contributed by atoms with Crippen LogP contribution in [0.25, 0.3) is 0 Å². The van der Waals surface area contributed by atoms with Crippen molar-refractivity contribution < 1.29 is 14.7 Å². The number of hydrogen-bond acceptors (Lipinski definition) is 5. The quantitative estimate of drug-likeness (QED) is 0.768. The molecule has 1 unspecified atom stereocenters. The molecule has 2 rings (SSSR count). The van der Waals surface area contributed by atoms with Crippen LogP contribution in [0.15, 0.2) is 12.1 Å². The van der Waals surface area contributed by atoms with E-state index in [1.807, 2.05) is 6.92 Å². The molecule has 0 radical (unpaired) electrons. The number of nitrogens with zero attached hydrogens (tertiary/aromatic N) is 2. The van der Waals surface area contributed by atoms with Gasteiger partial charge in [-0.05, 0) is 25.5 Å². The van der Waals surface area contributed by atoms with Crippen molar-refractivity contribution in [2.24, 2.45) is 0 Å². The molecule has 0 bridgehead atoms. The van der Waals surface area contributed by atoms with Gasteiger partial charge >= 0.3 is 0 Å². The molecule has 102 valence electrons. The smallest absolute Gasteiger partial charge is 0.246 e. The van der Waals surface area contributed by atoms with Crippen molar-refractivity contribution in [1.82, 2.24) is 15.2 Å². The van der Waals surface area contributed by atoms with Gasteiger partial charge < -0.3 is 5.11 Å². The molecule has 1 atom stereocenters. The topological polar surface area (TPSA) is 82.5 Å². The number of aryl methyl sites for hydroxylation is 1. The summed E-state index contributed by atoms with van der Waals surface area (Å²) in [6, 6.07) is 2.90. The van der Waals surface area contributed by atoms with E-state index in [-0.39, 0.29) is 17.6 Å². The molecule has 1 aliphatic rings. The van der Waals surface area contributed by atoms with Crippen LogP contribution in [-0.4, -0.2) is 39.9 Å². The van der Waals surface area contributed by atoms with Gasteiger partial charge in [-0.1, -0.05) is 0 Å². The van der Waals surface area contributed by atoms with Gasteiger partial charge in [0.2, 0.25) is 11.8 Å². The summed E-state index contributed by atoms with van der Waals surface area (Å²) >= 11 is 0. The number of imide groups is 1. The number of aromatic hydroxyl groups is 1. The number of carbonyl (C=O) groups excluding carboxylic acids is 2.